The van der Waals surface area contributed by atoms with Crippen molar-refractivity contribution in [2.75, 3.05) is 13.1 Å². The number of hydrogen-bond acceptors (Lipinski definition) is 3. The van der Waals surface area contributed by atoms with E-state index in [1.165, 1.54) is 22.5 Å². The van der Waals surface area contributed by atoms with Gasteiger partial charge in [-0.15, -0.1) is 0 Å². The fraction of sp³-hybridized carbons (Fsp3) is 0.625. The number of benzene rings is 1. The minimum absolute atomic E-state index is 0.0218. The zero-order valence-electron chi connectivity index (χ0n) is 13.2. The molecule has 8 heteroatoms. The quantitative estimate of drug-likeness (QED) is 0.899. The molecule has 2 aliphatic rings. The van der Waals surface area contributed by atoms with Gasteiger partial charge in [-0.3, -0.25) is 0 Å². The number of nitrogens with two attached hydrogens (primary N) is 1. The second-order valence-corrected chi connectivity index (χ2v) is 8.72. The van der Waals surface area contributed by atoms with Crippen molar-refractivity contribution in [1.29, 1.82) is 0 Å². The van der Waals surface area contributed by atoms with Gasteiger partial charge in [-0.25, -0.2) is 12.7 Å². The molecule has 3 rings (SSSR count). The molecule has 0 bridgehead atoms. The number of fused-ring (bicyclic) bond motifs is 1. The maximum atomic E-state index is 13.1. The van der Waals surface area contributed by atoms with Crippen LogP contribution in [-0.4, -0.2) is 31.9 Å². The number of alkyl halides is 3. The Morgan fingerprint density at radius 1 is 1.17 bits per heavy atom. The van der Waals surface area contributed by atoms with Crippen molar-refractivity contribution < 1.29 is 21.6 Å². The van der Waals surface area contributed by atoms with Gasteiger partial charge in [0.15, 0.2) is 0 Å². The van der Waals surface area contributed by atoms with Crippen LogP contribution in [0.15, 0.2) is 24.3 Å². The van der Waals surface area contributed by atoms with Crippen LogP contribution in [-0.2, 0) is 22.0 Å². The predicted molar refractivity (Wildman–Crippen MR) is 84.4 cm³/mol. The van der Waals surface area contributed by atoms with Crippen molar-refractivity contribution in [1.82, 2.24) is 4.31 Å². The van der Waals surface area contributed by atoms with E-state index in [0.717, 1.165) is 25.3 Å². The summed E-state index contributed by atoms with van der Waals surface area (Å²) in [6.07, 6.45) is -1.77. The monoisotopic (exact) mass is 362 g/mol. The van der Waals surface area contributed by atoms with Gasteiger partial charge in [0, 0.05) is 19.1 Å². The van der Waals surface area contributed by atoms with Crippen LogP contribution in [0.1, 0.15) is 30.4 Å². The summed E-state index contributed by atoms with van der Waals surface area (Å²) in [5.41, 5.74) is 5.00. The lowest BCUT2D eigenvalue weighted by Crippen LogP contribution is -2.38. The molecule has 1 saturated carbocycles. The maximum Gasteiger partial charge on any atom is 0.416 e. The number of nitrogens with zero attached hydrogens (tertiary/aromatic N) is 1. The molecule has 2 N–H and O–H groups in total. The Hall–Kier alpha value is -1.12. The summed E-state index contributed by atoms with van der Waals surface area (Å²) in [7, 11) is -3.80. The molecule has 3 unspecified atom stereocenters. The molecule has 0 amide bonds. The van der Waals surface area contributed by atoms with E-state index in [1.54, 1.807) is 0 Å². The molecule has 1 aliphatic heterocycles. The van der Waals surface area contributed by atoms with Crippen molar-refractivity contribution in [3.8, 4) is 0 Å². The Kier molecular flexibility index (Phi) is 4.65. The van der Waals surface area contributed by atoms with Gasteiger partial charge in [-0.1, -0.05) is 24.6 Å². The highest BCUT2D eigenvalue weighted by Gasteiger charge is 2.43. The average Bonchev–Trinajstić information content (AvgIpc) is 2.93. The van der Waals surface area contributed by atoms with Crippen LogP contribution in [0.3, 0.4) is 0 Å². The van der Waals surface area contributed by atoms with Crippen LogP contribution in [0, 0.1) is 11.8 Å². The third-order valence-corrected chi connectivity index (χ3v) is 6.94. The minimum Gasteiger partial charge on any atom is -0.327 e. The molecular formula is C16H21F3N2O2S. The van der Waals surface area contributed by atoms with E-state index in [-0.39, 0.29) is 23.4 Å². The summed E-state index contributed by atoms with van der Waals surface area (Å²) >= 11 is 0. The zero-order chi connectivity index (χ0) is 17.5. The Labute approximate surface area is 139 Å². The SMILES string of the molecule is NC1CCCC2CN(S(=O)(=O)Cc3ccccc3C(F)(F)F)CC12. The van der Waals surface area contributed by atoms with Crippen LogP contribution in [0.2, 0.25) is 0 Å². The fourth-order valence-electron chi connectivity index (χ4n) is 3.91. The van der Waals surface area contributed by atoms with E-state index in [9.17, 15) is 21.6 Å². The molecule has 1 saturated heterocycles. The molecule has 0 radical (unpaired) electrons. The second-order valence-electron chi connectivity index (χ2n) is 6.75. The molecule has 24 heavy (non-hydrogen) atoms. The first-order valence-electron chi connectivity index (χ1n) is 8.07. The molecule has 3 atom stereocenters. The zero-order valence-corrected chi connectivity index (χ0v) is 14.0. The van der Waals surface area contributed by atoms with Crippen molar-refractivity contribution >= 4 is 10.0 Å². The van der Waals surface area contributed by atoms with E-state index < -0.39 is 27.5 Å². The van der Waals surface area contributed by atoms with Gasteiger partial charge in [0.1, 0.15) is 0 Å². The summed E-state index contributed by atoms with van der Waals surface area (Å²) in [6, 6.07) is 4.83. The first-order chi connectivity index (χ1) is 11.2. The van der Waals surface area contributed by atoms with E-state index >= 15 is 0 Å². The van der Waals surface area contributed by atoms with Gasteiger partial charge >= 0.3 is 6.18 Å². The van der Waals surface area contributed by atoms with Gasteiger partial charge in [0.05, 0.1) is 11.3 Å². The lowest BCUT2D eigenvalue weighted by atomic mass is 9.78. The van der Waals surface area contributed by atoms with Crippen molar-refractivity contribution in [3.05, 3.63) is 35.4 Å². The largest absolute Gasteiger partial charge is 0.416 e. The lowest BCUT2D eigenvalue weighted by molar-refractivity contribution is -0.138. The highest BCUT2D eigenvalue weighted by Crippen LogP contribution is 2.38. The van der Waals surface area contributed by atoms with Crippen molar-refractivity contribution in [2.45, 2.75) is 37.2 Å². The predicted octanol–water partition coefficient (Wildman–Crippen LogP) is 2.59. The van der Waals surface area contributed by atoms with E-state index in [4.69, 9.17) is 5.73 Å². The number of sulfonamides is 1. The third-order valence-electron chi connectivity index (χ3n) is 5.17. The molecule has 0 aromatic heterocycles. The van der Waals surface area contributed by atoms with Crippen LogP contribution in [0.4, 0.5) is 13.2 Å². The molecule has 1 aromatic rings. The Balaban J connectivity index is 1.81. The lowest BCUT2D eigenvalue weighted by Gasteiger charge is -2.29. The van der Waals surface area contributed by atoms with Gasteiger partial charge in [0.25, 0.3) is 0 Å². The summed E-state index contributed by atoms with van der Waals surface area (Å²) in [5.74, 6) is -0.287. The smallest absolute Gasteiger partial charge is 0.327 e. The highest BCUT2D eigenvalue weighted by molar-refractivity contribution is 7.88. The van der Waals surface area contributed by atoms with Crippen LogP contribution < -0.4 is 5.73 Å². The Morgan fingerprint density at radius 2 is 1.88 bits per heavy atom. The average molecular weight is 362 g/mol. The van der Waals surface area contributed by atoms with Gasteiger partial charge < -0.3 is 5.73 Å². The molecule has 0 spiro atoms. The number of halogens is 3. The van der Waals surface area contributed by atoms with Crippen LogP contribution in [0.25, 0.3) is 0 Å². The Morgan fingerprint density at radius 3 is 2.54 bits per heavy atom. The summed E-state index contributed by atoms with van der Waals surface area (Å²) in [5, 5.41) is 0. The summed E-state index contributed by atoms with van der Waals surface area (Å²) in [4.78, 5) is 0. The molecule has 134 valence electrons. The highest BCUT2D eigenvalue weighted by atomic mass is 32.2. The van der Waals surface area contributed by atoms with Crippen molar-refractivity contribution in [3.63, 3.8) is 0 Å². The molecule has 2 fully saturated rings. The minimum atomic E-state index is -4.56. The first kappa shape index (κ1) is 17.7. The summed E-state index contributed by atoms with van der Waals surface area (Å²) < 4.78 is 65.8. The van der Waals surface area contributed by atoms with Gasteiger partial charge in [0.2, 0.25) is 10.0 Å². The van der Waals surface area contributed by atoms with Crippen LogP contribution in [0.5, 0.6) is 0 Å². The third kappa shape index (κ3) is 3.45. The topological polar surface area (TPSA) is 63.4 Å². The standard InChI is InChI=1S/C16H21F3N2O2S/c17-16(18,19)14-6-2-1-4-12(14)10-24(22,23)21-8-11-5-3-7-15(20)13(11)9-21/h1-2,4,6,11,13,15H,3,5,7-10,20H2. The van der Waals surface area contributed by atoms with Gasteiger partial charge in [-0.2, -0.15) is 13.2 Å². The molecule has 1 aliphatic carbocycles. The number of rotatable bonds is 3. The van der Waals surface area contributed by atoms with E-state index in [2.05, 4.69) is 0 Å². The van der Waals surface area contributed by atoms with E-state index in [0.29, 0.717) is 13.1 Å². The van der Waals surface area contributed by atoms with E-state index in [1.807, 2.05) is 0 Å². The maximum absolute atomic E-state index is 13.1. The molecule has 1 aromatic carbocycles. The first-order valence-corrected chi connectivity index (χ1v) is 9.68. The van der Waals surface area contributed by atoms with Crippen LogP contribution >= 0.6 is 0 Å². The molecule has 4 nitrogen and oxygen atoms in total. The molecular weight excluding hydrogens is 341 g/mol. The van der Waals surface area contributed by atoms with Crippen molar-refractivity contribution in [2.24, 2.45) is 17.6 Å². The van der Waals surface area contributed by atoms with Gasteiger partial charge in [-0.05, 0) is 36.3 Å². The summed E-state index contributed by atoms with van der Waals surface area (Å²) in [6.45, 7) is 0.692. The second kappa shape index (κ2) is 6.31. The number of hydrogen-bond donors (Lipinski definition) is 1. The fourth-order valence-corrected chi connectivity index (χ4v) is 5.56. The Bertz CT molecular complexity index is 706. The normalized spacial score (nSPS) is 28.8. The molecule has 1 heterocycles.